The molecule has 88 valence electrons. The largest absolute Gasteiger partial charge is 0.477 e. The van der Waals surface area contributed by atoms with Gasteiger partial charge in [-0.25, -0.2) is 0 Å². The van der Waals surface area contributed by atoms with E-state index in [0.717, 1.165) is 40.6 Å². The first-order valence-corrected chi connectivity index (χ1v) is 7.00. The van der Waals surface area contributed by atoms with Crippen molar-refractivity contribution in [2.45, 2.75) is 31.3 Å². The van der Waals surface area contributed by atoms with Crippen LogP contribution in [0.25, 0.3) is 5.76 Å². The molecule has 1 aliphatic carbocycles. The van der Waals surface area contributed by atoms with Gasteiger partial charge in [0.25, 0.3) is 0 Å². The van der Waals surface area contributed by atoms with Crippen molar-refractivity contribution >= 4 is 34.1 Å². The van der Waals surface area contributed by atoms with Gasteiger partial charge in [0.05, 0.1) is 0 Å². The number of ketones is 1. The Kier molecular flexibility index (Phi) is 2.73. The average Bonchev–Trinajstić information content (AvgIpc) is 2.93. The Labute approximate surface area is 114 Å². The maximum atomic E-state index is 12.3. The lowest BCUT2D eigenvalue weighted by molar-refractivity contribution is -0.128. The van der Waals surface area contributed by atoms with Crippen LogP contribution in [0.15, 0.2) is 33.9 Å². The van der Waals surface area contributed by atoms with Crippen molar-refractivity contribution in [3.63, 3.8) is 0 Å². The maximum Gasteiger partial charge on any atom is 0.216 e. The number of hydrogen-bond donors (Lipinski definition) is 0. The fraction of sp³-hybridized carbons (Fsp3) is 0.357. The first-order valence-electron chi connectivity index (χ1n) is 5.92. The van der Waals surface area contributed by atoms with Crippen LogP contribution in [-0.4, -0.2) is 11.4 Å². The van der Waals surface area contributed by atoms with Crippen LogP contribution in [0.5, 0.6) is 0 Å². The van der Waals surface area contributed by atoms with Gasteiger partial charge in [-0.05, 0) is 48.3 Å². The van der Waals surface area contributed by atoms with Gasteiger partial charge in [0.2, 0.25) is 5.78 Å². The third-order valence-corrected chi connectivity index (χ3v) is 4.54. The second kappa shape index (κ2) is 4.12. The molecule has 0 bridgehead atoms. The summed E-state index contributed by atoms with van der Waals surface area (Å²) in [5.41, 5.74) is 0.482. The Morgan fingerprint density at radius 3 is 2.41 bits per heavy atom. The normalized spacial score (nSPS) is 22.3. The molecular weight excluding hydrogens is 327 g/mol. The summed E-state index contributed by atoms with van der Waals surface area (Å²) in [5, 5.41) is 0. The molecule has 2 aliphatic rings. The van der Waals surface area contributed by atoms with Crippen molar-refractivity contribution in [1.29, 1.82) is 0 Å². The summed E-state index contributed by atoms with van der Waals surface area (Å²) < 4.78 is 6.80. The van der Waals surface area contributed by atoms with Gasteiger partial charge < -0.3 is 4.74 Å². The number of carbonyl (C=O) groups is 1. The van der Waals surface area contributed by atoms with Crippen LogP contribution in [0.2, 0.25) is 0 Å². The van der Waals surface area contributed by atoms with Crippen LogP contribution < -0.4 is 0 Å². The van der Waals surface area contributed by atoms with E-state index in [1.807, 2.05) is 30.3 Å². The summed E-state index contributed by atoms with van der Waals surface area (Å²) in [4.78, 5) is 12.3. The Hall–Kier alpha value is -0.840. The van der Waals surface area contributed by atoms with Gasteiger partial charge in [0, 0.05) is 5.56 Å². The van der Waals surface area contributed by atoms with Crippen molar-refractivity contribution in [2.75, 3.05) is 0 Å². The number of ether oxygens (including phenoxy) is 1. The second-order valence-corrected chi connectivity index (χ2v) is 5.72. The molecule has 0 unspecified atom stereocenters. The molecule has 0 radical (unpaired) electrons. The zero-order valence-corrected chi connectivity index (χ0v) is 11.6. The van der Waals surface area contributed by atoms with E-state index in [0.29, 0.717) is 0 Å². The van der Waals surface area contributed by atoms with Gasteiger partial charge in [-0.3, -0.25) is 4.79 Å². The van der Waals surface area contributed by atoms with Gasteiger partial charge in [0.1, 0.15) is 9.34 Å². The van der Waals surface area contributed by atoms with Crippen molar-refractivity contribution in [3.05, 3.63) is 39.5 Å². The first-order chi connectivity index (χ1) is 8.23. The number of halogens is 1. The van der Waals surface area contributed by atoms with Crippen LogP contribution in [0.3, 0.4) is 0 Å². The molecule has 2 nitrogen and oxygen atoms in total. The highest BCUT2D eigenvalue weighted by molar-refractivity contribution is 14.1. The molecule has 3 rings (SSSR count). The van der Waals surface area contributed by atoms with Crippen molar-refractivity contribution in [2.24, 2.45) is 0 Å². The van der Waals surface area contributed by atoms with Crippen LogP contribution in [-0.2, 0) is 9.53 Å². The SMILES string of the molecule is O=C1C(I)=C(c2ccccc2)OC12CCCC2. The Morgan fingerprint density at radius 2 is 1.76 bits per heavy atom. The number of carbonyl (C=O) groups excluding carboxylic acids is 1. The summed E-state index contributed by atoms with van der Waals surface area (Å²) in [7, 11) is 0. The summed E-state index contributed by atoms with van der Waals surface area (Å²) >= 11 is 2.13. The molecule has 1 aliphatic heterocycles. The average molecular weight is 340 g/mol. The lowest BCUT2D eigenvalue weighted by atomic mass is 9.98. The molecule has 1 aromatic carbocycles. The van der Waals surface area contributed by atoms with Crippen LogP contribution >= 0.6 is 22.6 Å². The standard InChI is InChI=1S/C14H13IO2/c15-11-12(10-6-2-1-3-7-10)17-14(13(11)16)8-4-5-9-14/h1-3,6-7H,4-5,8-9H2. The smallest absolute Gasteiger partial charge is 0.216 e. The van der Waals surface area contributed by atoms with E-state index in [9.17, 15) is 4.79 Å². The molecule has 0 amide bonds. The van der Waals surface area contributed by atoms with Gasteiger partial charge in [-0.15, -0.1) is 0 Å². The number of benzene rings is 1. The number of Topliss-reactive ketones (excluding diaryl/α,β-unsaturated/α-hetero) is 1. The van der Waals surface area contributed by atoms with Gasteiger partial charge in [0.15, 0.2) is 5.60 Å². The van der Waals surface area contributed by atoms with Gasteiger partial charge >= 0.3 is 0 Å². The van der Waals surface area contributed by atoms with E-state index < -0.39 is 5.60 Å². The second-order valence-electron chi connectivity index (χ2n) is 4.64. The molecule has 3 heteroatoms. The Morgan fingerprint density at radius 1 is 1.12 bits per heavy atom. The first kappa shape index (κ1) is 11.3. The molecular formula is C14H13IO2. The van der Waals surface area contributed by atoms with Crippen molar-refractivity contribution in [1.82, 2.24) is 0 Å². The van der Waals surface area contributed by atoms with E-state index in [2.05, 4.69) is 22.6 Å². The molecule has 0 N–H and O–H groups in total. The van der Waals surface area contributed by atoms with Crippen molar-refractivity contribution < 1.29 is 9.53 Å². The number of hydrogen-bond acceptors (Lipinski definition) is 2. The zero-order chi connectivity index (χ0) is 11.9. The summed E-state index contributed by atoms with van der Waals surface area (Å²) in [6.07, 6.45) is 3.93. The molecule has 17 heavy (non-hydrogen) atoms. The monoisotopic (exact) mass is 340 g/mol. The highest BCUT2D eigenvalue weighted by Crippen LogP contribution is 2.47. The van der Waals surface area contributed by atoms with Crippen LogP contribution in [0, 0.1) is 0 Å². The fourth-order valence-electron chi connectivity index (χ4n) is 2.64. The minimum atomic E-state index is -0.526. The van der Waals surface area contributed by atoms with E-state index in [1.54, 1.807) is 0 Å². The summed E-state index contributed by atoms with van der Waals surface area (Å²) in [6, 6.07) is 9.91. The predicted molar refractivity (Wildman–Crippen MR) is 74.7 cm³/mol. The van der Waals surface area contributed by atoms with Gasteiger partial charge in [-0.1, -0.05) is 30.3 Å². The minimum Gasteiger partial charge on any atom is -0.477 e. The zero-order valence-electron chi connectivity index (χ0n) is 9.41. The Balaban J connectivity index is 2.00. The summed E-state index contributed by atoms with van der Waals surface area (Å²) in [5.74, 6) is 0.965. The van der Waals surface area contributed by atoms with E-state index in [1.165, 1.54) is 0 Å². The highest BCUT2D eigenvalue weighted by Gasteiger charge is 2.50. The Bertz CT molecular complexity index is 484. The highest BCUT2D eigenvalue weighted by atomic mass is 127. The van der Waals surface area contributed by atoms with E-state index in [-0.39, 0.29) is 5.78 Å². The van der Waals surface area contributed by atoms with Gasteiger partial charge in [-0.2, -0.15) is 0 Å². The van der Waals surface area contributed by atoms with Crippen LogP contribution in [0.1, 0.15) is 31.2 Å². The maximum absolute atomic E-state index is 12.3. The molecule has 0 atom stereocenters. The van der Waals surface area contributed by atoms with E-state index >= 15 is 0 Å². The fourth-order valence-corrected chi connectivity index (χ4v) is 3.55. The minimum absolute atomic E-state index is 0.189. The molecule has 1 spiro atoms. The molecule has 1 saturated carbocycles. The van der Waals surface area contributed by atoms with E-state index in [4.69, 9.17) is 4.74 Å². The predicted octanol–water partition coefficient (Wildman–Crippen LogP) is 3.70. The third kappa shape index (κ3) is 1.71. The molecule has 1 heterocycles. The molecule has 0 saturated heterocycles. The lowest BCUT2D eigenvalue weighted by Gasteiger charge is -2.22. The van der Waals surface area contributed by atoms with Crippen LogP contribution in [0.4, 0.5) is 0 Å². The summed E-state index contributed by atoms with van der Waals surface area (Å²) in [6.45, 7) is 0. The molecule has 0 aromatic heterocycles. The third-order valence-electron chi connectivity index (χ3n) is 3.56. The topological polar surface area (TPSA) is 26.3 Å². The lowest BCUT2D eigenvalue weighted by Crippen LogP contribution is -2.33. The van der Waals surface area contributed by atoms with Crippen molar-refractivity contribution in [3.8, 4) is 0 Å². The quantitative estimate of drug-likeness (QED) is 0.729. The number of rotatable bonds is 1. The molecule has 1 aromatic rings. The molecule has 1 fully saturated rings.